The van der Waals surface area contributed by atoms with Crippen LogP contribution < -0.4 is 15.0 Å². The maximum atomic E-state index is 12.8. The molecule has 0 atom stereocenters. The summed E-state index contributed by atoms with van der Waals surface area (Å²) in [6.45, 7) is 1.85. The van der Waals surface area contributed by atoms with E-state index in [0.717, 1.165) is 14.9 Å². The number of halogens is 1. The third kappa shape index (κ3) is 3.39. The normalized spacial score (nSPS) is 16.0. The number of hydrogen-bond acceptors (Lipinski definition) is 4. The van der Waals surface area contributed by atoms with Crippen LogP contribution in [0.4, 0.5) is 10.5 Å². The molecule has 1 N–H and O–H groups in total. The van der Waals surface area contributed by atoms with Crippen LogP contribution in [-0.4, -0.2) is 25.0 Å². The van der Waals surface area contributed by atoms with Crippen LogP contribution in [0.3, 0.4) is 0 Å². The molecule has 2 aromatic rings. The van der Waals surface area contributed by atoms with Crippen molar-refractivity contribution in [2.45, 2.75) is 6.92 Å². The van der Waals surface area contributed by atoms with Crippen molar-refractivity contribution >= 4 is 45.5 Å². The predicted octanol–water partition coefficient (Wildman–Crippen LogP) is 3.43. The molecule has 132 valence electrons. The van der Waals surface area contributed by atoms with Gasteiger partial charge in [0.15, 0.2) is 0 Å². The first-order valence-corrected chi connectivity index (χ1v) is 8.51. The molecule has 7 heteroatoms. The van der Waals surface area contributed by atoms with E-state index >= 15 is 0 Å². The van der Waals surface area contributed by atoms with Gasteiger partial charge in [-0.15, -0.1) is 0 Å². The van der Waals surface area contributed by atoms with E-state index < -0.39 is 17.8 Å². The Morgan fingerprint density at radius 1 is 1.08 bits per heavy atom. The summed E-state index contributed by atoms with van der Waals surface area (Å²) in [5, 5.41) is 2.21. The van der Waals surface area contributed by atoms with Gasteiger partial charge in [0.1, 0.15) is 11.3 Å². The Morgan fingerprint density at radius 3 is 2.38 bits per heavy atom. The maximum Gasteiger partial charge on any atom is 0.335 e. The molecule has 0 radical (unpaired) electrons. The number of methoxy groups -OCH3 is 1. The van der Waals surface area contributed by atoms with E-state index in [1.54, 1.807) is 49.6 Å². The van der Waals surface area contributed by atoms with E-state index in [-0.39, 0.29) is 5.57 Å². The second kappa shape index (κ2) is 7.13. The summed E-state index contributed by atoms with van der Waals surface area (Å²) in [5.74, 6) is -0.712. The number of anilines is 1. The number of nitrogens with zero attached hydrogens (tertiary/aromatic N) is 1. The summed E-state index contributed by atoms with van der Waals surface area (Å²) < 4.78 is 5.97. The van der Waals surface area contributed by atoms with E-state index in [1.807, 2.05) is 6.92 Å². The molecule has 1 saturated heterocycles. The summed E-state index contributed by atoms with van der Waals surface area (Å²) in [6, 6.07) is 11.2. The number of aryl methyl sites for hydroxylation is 1. The van der Waals surface area contributed by atoms with Crippen molar-refractivity contribution in [3.05, 3.63) is 63.6 Å². The number of nitrogens with one attached hydrogen (secondary N) is 1. The SMILES string of the molecule is COc1ccc(/C=C2/C(=O)NC(=O)N(c3ccc(Br)cc3)C2=O)c(C)c1. The Labute approximate surface area is 158 Å². The Bertz CT molecular complexity index is 935. The first-order chi connectivity index (χ1) is 12.4. The highest BCUT2D eigenvalue weighted by atomic mass is 79.9. The van der Waals surface area contributed by atoms with Gasteiger partial charge >= 0.3 is 6.03 Å². The van der Waals surface area contributed by atoms with Gasteiger partial charge in [0.2, 0.25) is 0 Å². The molecule has 0 bridgehead atoms. The topological polar surface area (TPSA) is 75.7 Å². The van der Waals surface area contributed by atoms with Crippen LogP contribution in [0.5, 0.6) is 5.75 Å². The van der Waals surface area contributed by atoms with Crippen molar-refractivity contribution in [3.63, 3.8) is 0 Å². The number of amides is 4. The molecule has 0 aromatic heterocycles. The molecule has 4 amide bonds. The zero-order chi connectivity index (χ0) is 18.8. The molecule has 0 spiro atoms. The number of ether oxygens (including phenoxy) is 1. The van der Waals surface area contributed by atoms with Gasteiger partial charge in [0, 0.05) is 4.47 Å². The number of carbonyl (C=O) groups excluding carboxylic acids is 3. The minimum absolute atomic E-state index is 0.110. The number of benzene rings is 2. The Kier molecular flexibility index (Phi) is 4.90. The summed E-state index contributed by atoms with van der Waals surface area (Å²) in [7, 11) is 1.56. The molecule has 6 nitrogen and oxygen atoms in total. The largest absolute Gasteiger partial charge is 0.497 e. The Morgan fingerprint density at radius 2 is 1.77 bits per heavy atom. The van der Waals surface area contributed by atoms with Crippen LogP contribution in [-0.2, 0) is 9.59 Å². The second-order valence-corrected chi connectivity index (χ2v) is 6.57. The third-order valence-corrected chi connectivity index (χ3v) is 4.49. The fourth-order valence-corrected chi connectivity index (χ4v) is 2.84. The molecule has 0 aliphatic carbocycles. The van der Waals surface area contributed by atoms with E-state index in [0.29, 0.717) is 17.0 Å². The molecular formula is C19H15BrN2O4. The average molecular weight is 415 g/mol. The van der Waals surface area contributed by atoms with E-state index in [4.69, 9.17) is 4.74 Å². The number of imide groups is 2. The summed E-state index contributed by atoms with van der Waals surface area (Å²) >= 11 is 3.31. The summed E-state index contributed by atoms with van der Waals surface area (Å²) in [6.07, 6.45) is 1.48. The molecule has 1 fully saturated rings. The Hall–Kier alpha value is -2.93. The lowest BCUT2D eigenvalue weighted by molar-refractivity contribution is -0.122. The lowest BCUT2D eigenvalue weighted by Crippen LogP contribution is -2.54. The zero-order valence-electron chi connectivity index (χ0n) is 14.1. The third-order valence-electron chi connectivity index (χ3n) is 3.96. The lowest BCUT2D eigenvalue weighted by atomic mass is 10.0. The molecule has 1 aliphatic heterocycles. The number of urea groups is 1. The Balaban J connectivity index is 2.01. The summed E-state index contributed by atoms with van der Waals surface area (Å²) in [5.41, 5.74) is 1.79. The molecule has 26 heavy (non-hydrogen) atoms. The molecule has 1 aliphatic rings. The van der Waals surface area contributed by atoms with Crippen molar-refractivity contribution in [2.75, 3.05) is 12.0 Å². The van der Waals surface area contributed by atoms with Crippen molar-refractivity contribution in [1.82, 2.24) is 5.32 Å². The summed E-state index contributed by atoms with van der Waals surface area (Å²) in [4.78, 5) is 38.1. The van der Waals surface area contributed by atoms with Crippen molar-refractivity contribution < 1.29 is 19.1 Å². The average Bonchev–Trinajstić information content (AvgIpc) is 2.61. The van der Waals surface area contributed by atoms with Crippen LogP contribution in [0, 0.1) is 6.92 Å². The number of barbiturate groups is 1. The molecule has 3 rings (SSSR count). The predicted molar refractivity (Wildman–Crippen MR) is 101 cm³/mol. The van der Waals surface area contributed by atoms with Gasteiger partial charge in [0.25, 0.3) is 11.8 Å². The van der Waals surface area contributed by atoms with Gasteiger partial charge in [-0.25, -0.2) is 9.69 Å². The van der Waals surface area contributed by atoms with Crippen LogP contribution >= 0.6 is 15.9 Å². The molecule has 0 unspecified atom stereocenters. The zero-order valence-corrected chi connectivity index (χ0v) is 15.7. The maximum absolute atomic E-state index is 12.8. The molecular weight excluding hydrogens is 400 g/mol. The van der Waals surface area contributed by atoms with Gasteiger partial charge in [0.05, 0.1) is 12.8 Å². The van der Waals surface area contributed by atoms with Gasteiger partial charge in [-0.2, -0.15) is 0 Å². The number of hydrogen-bond donors (Lipinski definition) is 1. The van der Waals surface area contributed by atoms with Crippen LogP contribution in [0.15, 0.2) is 52.5 Å². The highest BCUT2D eigenvalue weighted by Gasteiger charge is 2.36. The van der Waals surface area contributed by atoms with E-state index in [1.165, 1.54) is 6.08 Å². The van der Waals surface area contributed by atoms with E-state index in [9.17, 15) is 14.4 Å². The monoisotopic (exact) mass is 414 g/mol. The van der Waals surface area contributed by atoms with Crippen molar-refractivity contribution in [2.24, 2.45) is 0 Å². The van der Waals surface area contributed by atoms with Crippen LogP contribution in [0.1, 0.15) is 11.1 Å². The van der Waals surface area contributed by atoms with Gasteiger partial charge in [-0.1, -0.05) is 22.0 Å². The first kappa shape index (κ1) is 17.9. The van der Waals surface area contributed by atoms with Gasteiger partial charge < -0.3 is 4.74 Å². The minimum Gasteiger partial charge on any atom is -0.497 e. The second-order valence-electron chi connectivity index (χ2n) is 5.66. The van der Waals surface area contributed by atoms with E-state index in [2.05, 4.69) is 21.2 Å². The van der Waals surface area contributed by atoms with Gasteiger partial charge in [-0.3, -0.25) is 14.9 Å². The lowest BCUT2D eigenvalue weighted by Gasteiger charge is -2.26. The number of carbonyl (C=O) groups is 3. The standard InChI is InChI=1S/C19H15BrN2O4/c1-11-9-15(26-2)8-3-12(11)10-16-17(23)21-19(25)22(18(16)24)14-6-4-13(20)5-7-14/h3-10H,1-2H3,(H,21,23,25)/b16-10-. The highest BCUT2D eigenvalue weighted by Crippen LogP contribution is 2.25. The first-order valence-electron chi connectivity index (χ1n) is 7.72. The highest BCUT2D eigenvalue weighted by molar-refractivity contribution is 9.10. The van der Waals surface area contributed by atoms with Gasteiger partial charge in [-0.05, 0) is 60.5 Å². The molecule has 1 heterocycles. The molecule has 0 saturated carbocycles. The fraction of sp³-hybridized carbons (Fsp3) is 0.105. The van der Waals surface area contributed by atoms with Crippen molar-refractivity contribution in [1.29, 1.82) is 0 Å². The smallest absolute Gasteiger partial charge is 0.335 e. The van der Waals surface area contributed by atoms with Crippen molar-refractivity contribution in [3.8, 4) is 5.75 Å². The number of rotatable bonds is 3. The molecule has 2 aromatic carbocycles. The van der Waals surface area contributed by atoms with Crippen LogP contribution in [0.25, 0.3) is 6.08 Å². The quantitative estimate of drug-likeness (QED) is 0.616. The van der Waals surface area contributed by atoms with Crippen LogP contribution in [0.2, 0.25) is 0 Å². The minimum atomic E-state index is -0.772. The fourth-order valence-electron chi connectivity index (χ4n) is 2.57.